The molecular formula is C22H22ClN3O4S. The van der Waals surface area contributed by atoms with Gasteiger partial charge in [-0.05, 0) is 42.7 Å². The van der Waals surface area contributed by atoms with Gasteiger partial charge in [-0.25, -0.2) is 18.4 Å². The van der Waals surface area contributed by atoms with E-state index in [0.717, 1.165) is 5.39 Å². The molecule has 0 saturated heterocycles. The molecule has 7 nitrogen and oxygen atoms in total. The lowest BCUT2D eigenvalue weighted by molar-refractivity contribution is -0.121. The van der Waals surface area contributed by atoms with Crippen LogP contribution in [0.1, 0.15) is 31.2 Å². The second-order valence-corrected chi connectivity index (χ2v) is 10.3. The van der Waals surface area contributed by atoms with Crippen molar-refractivity contribution in [2.24, 2.45) is 0 Å². The maximum atomic E-state index is 11.6. The Labute approximate surface area is 185 Å². The van der Waals surface area contributed by atoms with Crippen LogP contribution in [0, 0.1) is 0 Å². The molecule has 1 N–H and O–H groups in total. The highest BCUT2D eigenvalue weighted by Crippen LogP contribution is 2.35. The van der Waals surface area contributed by atoms with E-state index in [1.54, 1.807) is 30.5 Å². The number of ether oxygens (including phenoxy) is 1. The van der Waals surface area contributed by atoms with Gasteiger partial charge in [-0.1, -0.05) is 23.7 Å². The molecule has 0 atom stereocenters. The van der Waals surface area contributed by atoms with E-state index in [9.17, 15) is 13.2 Å². The minimum Gasteiger partial charge on any atom is -0.487 e. The number of hydrogen-bond donors (Lipinski definition) is 1. The average Bonchev–Trinajstić information content (AvgIpc) is 2.71. The van der Waals surface area contributed by atoms with Gasteiger partial charge in [-0.2, -0.15) is 0 Å². The lowest BCUT2D eigenvalue weighted by Crippen LogP contribution is -2.24. The number of hydrogen-bond acceptors (Lipinski definition) is 7. The molecule has 1 aliphatic rings. The fourth-order valence-corrected chi connectivity index (χ4v) is 4.57. The van der Waals surface area contributed by atoms with E-state index in [1.807, 2.05) is 12.1 Å². The molecule has 1 saturated carbocycles. The second-order valence-electron chi connectivity index (χ2n) is 7.76. The van der Waals surface area contributed by atoms with Crippen LogP contribution in [0.3, 0.4) is 0 Å². The predicted octanol–water partition coefficient (Wildman–Crippen LogP) is 4.46. The molecule has 1 aromatic heterocycles. The molecule has 1 heterocycles. The van der Waals surface area contributed by atoms with Crippen LogP contribution in [-0.4, -0.2) is 36.5 Å². The summed E-state index contributed by atoms with van der Waals surface area (Å²) >= 11 is 6.42. The molecule has 0 amide bonds. The number of Topliss-reactive ketones (excluding diaryl/α,β-unsaturated/α-hetero) is 1. The zero-order valence-electron chi connectivity index (χ0n) is 17.0. The molecule has 2 aromatic carbocycles. The number of benzene rings is 2. The number of fused-ring (bicyclic) bond motifs is 1. The summed E-state index contributed by atoms with van der Waals surface area (Å²) < 4.78 is 29.3. The minimum atomic E-state index is -3.13. The van der Waals surface area contributed by atoms with Crippen LogP contribution in [0.4, 0.5) is 11.6 Å². The highest BCUT2D eigenvalue weighted by molar-refractivity contribution is 7.89. The van der Waals surface area contributed by atoms with Crippen LogP contribution >= 0.6 is 11.6 Å². The lowest BCUT2D eigenvalue weighted by atomic mass is 9.96. The van der Waals surface area contributed by atoms with E-state index < -0.39 is 9.84 Å². The molecule has 0 bridgehead atoms. The van der Waals surface area contributed by atoms with Crippen LogP contribution in [-0.2, 0) is 20.4 Å². The number of halogens is 1. The topological polar surface area (TPSA) is 98.3 Å². The van der Waals surface area contributed by atoms with Crippen molar-refractivity contribution >= 4 is 49.8 Å². The molecule has 1 aliphatic carbocycles. The van der Waals surface area contributed by atoms with Crippen LogP contribution < -0.4 is 10.1 Å². The fraction of sp³-hybridized carbons (Fsp3) is 0.318. The number of carbonyl (C=O) groups is 1. The summed E-state index contributed by atoms with van der Waals surface area (Å²) in [5.74, 6) is 1.04. The predicted molar refractivity (Wildman–Crippen MR) is 121 cm³/mol. The van der Waals surface area contributed by atoms with Gasteiger partial charge < -0.3 is 10.1 Å². The molecular weight excluding hydrogens is 438 g/mol. The summed E-state index contributed by atoms with van der Waals surface area (Å²) in [5.41, 5.74) is 1.93. The van der Waals surface area contributed by atoms with Crippen molar-refractivity contribution in [2.75, 3.05) is 11.6 Å². The lowest BCUT2D eigenvalue weighted by Gasteiger charge is -2.23. The Morgan fingerprint density at radius 1 is 1.19 bits per heavy atom. The maximum Gasteiger partial charge on any atom is 0.227 e. The van der Waals surface area contributed by atoms with E-state index in [2.05, 4.69) is 15.3 Å². The Hall–Kier alpha value is -2.71. The van der Waals surface area contributed by atoms with E-state index in [4.69, 9.17) is 16.3 Å². The number of rotatable bonds is 6. The first-order valence-electron chi connectivity index (χ1n) is 9.94. The standard InChI is InChI=1S/C22H22ClN3O4S/c1-31(28,29)13-14-3-2-4-16(11-14)25-22-24-12-15-5-10-19(23)21(20(15)26-22)30-18-8-6-17(27)7-9-18/h2-5,10-12,18H,6-9,13H2,1H3,(H,24,25,26). The van der Waals surface area contributed by atoms with Crippen LogP contribution in [0.2, 0.25) is 5.02 Å². The number of ketones is 1. The summed E-state index contributed by atoms with van der Waals surface area (Å²) in [4.78, 5) is 20.5. The molecule has 4 rings (SSSR count). The van der Waals surface area contributed by atoms with Crippen LogP contribution in [0.15, 0.2) is 42.6 Å². The number of sulfone groups is 1. The van der Waals surface area contributed by atoms with Crippen molar-refractivity contribution in [1.29, 1.82) is 0 Å². The van der Waals surface area contributed by atoms with E-state index in [-0.39, 0.29) is 17.6 Å². The summed E-state index contributed by atoms with van der Waals surface area (Å²) in [6.07, 6.45) is 5.15. The van der Waals surface area contributed by atoms with E-state index >= 15 is 0 Å². The van der Waals surface area contributed by atoms with Crippen LogP contribution in [0.5, 0.6) is 5.75 Å². The first-order chi connectivity index (χ1) is 14.8. The normalized spacial score (nSPS) is 15.2. The molecule has 1 fully saturated rings. The Balaban J connectivity index is 1.61. The largest absolute Gasteiger partial charge is 0.487 e. The second kappa shape index (κ2) is 8.80. The Morgan fingerprint density at radius 2 is 1.97 bits per heavy atom. The van der Waals surface area contributed by atoms with Crippen molar-refractivity contribution in [1.82, 2.24) is 9.97 Å². The molecule has 0 radical (unpaired) electrons. The Bertz CT molecular complexity index is 1240. The van der Waals surface area contributed by atoms with Crippen molar-refractivity contribution in [3.8, 4) is 5.75 Å². The SMILES string of the molecule is CS(=O)(=O)Cc1cccc(Nc2ncc3ccc(Cl)c(OC4CCC(=O)CC4)c3n2)c1. The first kappa shape index (κ1) is 21.5. The van der Waals surface area contributed by atoms with E-state index in [1.165, 1.54) is 6.26 Å². The average molecular weight is 460 g/mol. The quantitative estimate of drug-likeness (QED) is 0.580. The third kappa shape index (κ3) is 5.51. The molecule has 31 heavy (non-hydrogen) atoms. The van der Waals surface area contributed by atoms with Gasteiger partial charge in [0, 0.05) is 36.4 Å². The van der Waals surface area contributed by atoms with Gasteiger partial charge in [-0.15, -0.1) is 0 Å². The third-order valence-electron chi connectivity index (χ3n) is 5.05. The Morgan fingerprint density at radius 3 is 2.71 bits per heavy atom. The zero-order chi connectivity index (χ0) is 22.0. The summed E-state index contributed by atoms with van der Waals surface area (Å²) in [7, 11) is -3.13. The van der Waals surface area contributed by atoms with Gasteiger partial charge >= 0.3 is 0 Å². The smallest absolute Gasteiger partial charge is 0.227 e. The summed E-state index contributed by atoms with van der Waals surface area (Å²) in [6, 6.07) is 10.7. The number of nitrogens with zero attached hydrogens (tertiary/aromatic N) is 2. The highest BCUT2D eigenvalue weighted by atomic mass is 35.5. The van der Waals surface area contributed by atoms with Gasteiger partial charge in [0.05, 0.1) is 16.9 Å². The van der Waals surface area contributed by atoms with Crippen LogP contribution in [0.25, 0.3) is 10.9 Å². The van der Waals surface area contributed by atoms with Gasteiger partial charge in [0.25, 0.3) is 0 Å². The summed E-state index contributed by atoms with van der Waals surface area (Å²) in [5, 5.41) is 4.35. The molecule has 9 heteroatoms. The monoisotopic (exact) mass is 459 g/mol. The van der Waals surface area contributed by atoms with Gasteiger partial charge in [0.2, 0.25) is 5.95 Å². The number of aromatic nitrogens is 2. The zero-order valence-corrected chi connectivity index (χ0v) is 18.5. The maximum absolute atomic E-state index is 11.6. The first-order valence-corrected chi connectivity index (χ1v) is 12.4. The van der Waals surface area contributed by atoms with Crippen molar-refractivity contribution < 1.29 is 17.9 Å². The third-order valence-corrected chi connectivity index (χ3v) is 6.20. The van der Waals surface area contributed by atoms with Crippen molar-refractivity contribution in [3.05, 3.63) is 53.2 Å². The van der Waals surface area contributed by atoms with Gasteiger partial charge in [0.1, 0.15) is 11.3 Å². The van der Waals surface area contributed by atoms with Gasteiger partial charge in [0.15, 0.2) is 15.6 Å². The molecule has 3 aromatic rings. The van der Waals surface area contributed by atoms with Crippen molar-refractivity contribution in [2.45, 2.75) is 37.5 Å². The van der Waals surface area contributed by atoms with Gasteiger partial charge in [-0.3, -0.25) is 4.79 Å². The van der Waals surface area contributed by atoms with E-state index in [0.29, 0.717) is 59.2 Å². The number of anilines is 2. The number of carbonyl (C=O) groups excluding carboxylic acids is 1. The minimum absolute atomic E-state index is 0.0431. The Kier molecular flexibility index (Phi) is 6.11. The molecule has 162 valence electrons. The highest BCUT2D eigenvalue weighted by Gasteiger charge is 2.22. The number of nitrogens with one attached hydrogen (secondary N) is 1. The summed E-state index contributed by atoms with van der Waals surface area (Å²) in [6.45, 7) is 0. The van der Waals surface area contributed by atoms with Crippen molar-refractivity contribution in [3.63, 3.8) is 0 Å². The molecule has 0 spiro atoms. The molecule has 0 unspecified atom stereocenters. The molecule has 0 aliphatic heterocycles. The fourth-order valence-electron chi connectivity index (χ4n) is 3.59.